The van der Waals surface area contributed by atoms with Gasteiger partial charge in [-0.25, -0.2) is 4.79 Å². The molecule has 28 heavy (non-hydrogen) atoms. The van der Waals surface area contributed by atoms with Crippen LogP contribution in [0.5, 0.6) is 5.75 Å². The fourth-order valence-electron chi connectivity index (χ4n) is 3.00. The standard InChI is InChI=1S/C21H21NO6/c1-3-26-18(23)13-21(20(25)27-14-15-9-5-4-6-10-15)19(24)22(2)16-11-7-8-12-17(16)28-21/h4-12H,3,13-14H2,1-2H3. The van der Waals surface area contributed by atoms with Crippen molar-refractivity contribution in [3.63, 3.8) is 0 Å². The normalized spacial score (nSPS) is 18.1. The van der Waals surface area contributed by atoms with E-state index in [4.69, 9.17) is 14.2 Å². The molecule has 1 aliphatic rings. The van der Waals surface area contributed by atoms with E-state index in [0.717, 1.165) is 5.56 Å². The maximum Gasteiger partial charge on any atom is 0.361 e. The van der Waals surface area contributed by atoms with Crippen molar-refractivity contribution in [1.29, 1.82) is 0 Å². The van der Waals surface area contributed by atoms with Crippen molar-refractivity contribution < 1.29 is 28.6 Å². The number of ether oxygens (including phenoxy) is 3. The zero-order chi connectivity index (χ0) is 20.1. The molecule has 0 saturated heterocycles. The minimum atomic E-state index is -2.13. The molecule has 7 nitrogen and oxygen atoms in total. The maximum absolute atomic E-state index is 13.1. The molecule has 2 aromatic rings. The molecule has 0 N–H and O–H groups in total. The molecule has 0 saturated carbocycles. The molecule has 1 heterocycles. The Hall–Kier alpha value is -3.35. The summed E-state index contributed by atoms with van der Waals surface area (Å²) < 4.78 is 16.1. The van der Waals surface area contributed by atoms with E-state index in [9.17, 15) is 14.4 Å². The predicted molar refractivity (Wildman–Crippen MR) is 101 cm³/mol. The number of para-hydroxylation sites is 2. The lowest BCUT2D eigenvalue weighted by Crippen LogP contribution is -2.61. The molecule has 0 spiro atoms. The van der Waals surface area contributed by atoms with Crippen LogP contribution in [0.3, 0.4) is 0 Å². The zero-order valence-electron chi connectivity index (χ0n) is 15.7. The quantitative estimate of drug-likeness (QED) is 0.563. The number of rotatable bonds is 6. The van der Waals surface area contributed by atoms with Crippen molar-refractivity contribution in [3.8, 4) is 5.75 Å². The van der Waals surface area contributed by atoms with Gasteiger partial charge in [-0.1, -0.05) is 42.5 Å². The second kappa shape index (κ2) is 8.12. The average Bonchev–Trinajstić information content (AvgIpc) is 2.71. The Morgan fingerprint density at radius 1 is 1.04 bits per heavy atom. The van der Waals surface area contributed by atoms with Gasteiger partial charge in [0.25, 0.3) is 11.5 Å². The zero-order valence-corrected chi connectivity index (χ0v) is 15.7. The van der Waals surface area contributed by atoms with Crippen molar-refractivity contribution in [2.45, 2.75) is 25.6 Å². The van der Waals surface area contributed by atoms with Gasteiger partial charge in [0.1, 0.15) is 18.8 Å². The lowest BCUT2D eigenvalue weighted by molar-refractivity contribution is -0.175. The molecule has 0 radical (unpaired) electrons. The number of benzene rings is 2. The van der Waals surface area contributed by atoms with Crippen LogP contribution in [0.4, 0.5) is 5.69 Å². The van der Waals surface area contributed by atoms with Crippen molar-refractivity contribution in [3.05, 3.63) is 60.2 Å². The minimum Gasteiger partial charge on any atom is -0.466 e. The monoisotopic (exact) mass is 383 g/mol. The molecule has 1 unspecified atom stereocenters. The number of amides is 1. The molecule has 0 bridgehead atoms. The van der Waals surface area contributed by atoms with Gasteiger partial charge in [0.15, 0.2) is 0 Å². The van der Waals surface area contributed by atoms with E-state index in [1.807, 2.05) is 18.2 Å². The Bertz CT molecular complexity index is 881. The summed E-state index contributed by atoms with van der Waals surface area (Å²) >= 11 is 0. The number of nitrogens with zero attached hydrogens (tertiary/aromatic N) is 1. The molecule has 3 rings (SSSR count). The molecular weight excluding hydrogens is 362 g/mol. The first-order chi connectivity index (χ1) is 13.5. The summed E-state index contributed by atoms with van der Waals surface area (Å²) in [5.41, 5.74) is -0.883. The maximum atomic E-state index is 13.1. The number of carbonyl (C=O) groups excluding carboxylic acids is 3. The summed E-state index contributed by atoms with van der Waals surface area (Å²) in [4.78, 5) is 39.6. The summed E-state index contributed by atoms with van der Waals surface area (Å²) in [6.07, 6.45) is -0.577. The third-order valence-electron chi connectivity index (χ3n) is 4.40. The highest BCUT2D eigenvalue weighted by atomic mass is 16.6. The van der Waals surface area contributed by atoms with Crippen LogP contribution in [0, 0.1) is 0 Å². The van der Waals surface area contributed by atoms with E-state index in [1.165, 1.54) is 11.9 Å². The Labute approximate surface area is 162 Å². The Morgan fingerprint density at radius 2 is 1.71 bits per heavy atom. The fraction of sp³-hybridized carbons (Fsp3) is 0.286. The van der Waals surface area contributed by atoms with Gasteiger partial charge in [-0.3, -0.25) is 9.59 Å². The fourth-order valence-corrected chi connectivity index (χ4v) is 3.00. The van der Waals surface area contributed by atoms with Gasteiger partial charge >= 0.3 is 11.9 Å². The van der Waals surface area contributed by atoms with Crippen LogP contribution in [-0.2, 0) is 30.5 Å². The molecule has 146 valence electrons. The predicted octanol–water partition coefficient (Wildman–Crippen LogP) is 2.48. The van der Waals surface area contributed by atoms with E-state index in [1.54, 1.807) is 43.3 Å². The summed E-state index contributed by atoms with van der Waals surface area (Å²) in [6.45, 7) is 1.71. The highest BCUT2D eigenvalue weighted by Gasteiger charge is 2.57. The molecular formula is C21H21NO6. The van der Waals surface area contributed by atoms with Crippen LogP contribution in [-0.4, -0.2) is 37.1 Å². The third kappa shape index (κ3) is 3.69. The van der Waals surface area contributed by atoms with E-state index in [0.29, 0.717) is 11.4 Å². The van der Waals surface area contributed by atoms with E-state index < -0.39 is 29.9 Å². The lowest BCUT2D eigenvalue weighted by atomic mass is 9.95. The second-order valence-corrected chi connectivity index (χ2v) is 6.30. The molecule has 1 aliphatic heterocycles. The van der Waals surface area contributed by atoms with Crippen molar-refractivity contribution >= 4 is 23.5 Å². The van der Waals surface area contributed by atoms with Crippen LogP contribution < -0.4 is 9.64 Å². The van der Waals surface area contributed by atoms with Crippen LogP contribution >= 0.6 is 0 Å². The molecule has 0 aromatic heterocycles. The first kappa shape index (κ1) is 19.4. The first-order valence-corrected chi connectivity index (χ1v) is 8.91. The minimum absolute atomic E-state index is 0.0494. The number of hydrogen-bond donors (Lipinski definition) is 0. The van der Waals surface area contributed by atoms with E-state index in [2.05, 4.69) is 0 Å². The number of esters is 2. The summed E-state index contributed by atoms with van der Waals surface area (Å²) in [6, 6.07) is 15.8. The molecule has 1 amide bonds. The Balaban J connectivity index is 1.92. The smallest absolute Gasteiger partial charge is 0.361 e. The topological polar surface area (TPSA) is 82.1 Å². The average molecular weight is 383 g/mol. The lowest BCUT2D eigenvalue weighted by Gasteiger charge is -2.38. The number of likely N-dealkylation sites (N-methyl/N-ethyl adjacent to an activating group) is 1. The highest BCUT2D eigenvalue weighted by molar-refractivity contribution is 6.16. The number of hydrogen-bond acceptors (Lipinski definition) is 6. The summed E-state index contributed by atoms with van der Waals surface area (Å²) in [7, 11) is 1.52. The van der Waals surface area contributed by atoms with Crippen molar-refractivity contribution in [1.82, 2.24) is 0 Å². The van der Waals surface area contributed by atoms with Gasteiger partial charge < -0.3 is 19.1 Å². The van der Waals surface area contributed by atoms with E-state index >= 15 is 0 Å². The number of fused-ring (bicyclic) bond motifs is 1. The van der Waals surface area contributed by atoms with Crippen LogP contribution in [0.25, 0.3) is 0 Å². The van der Waals surface area contributed by atoms with Crippen molar-refractivity contribution in [2.24, 2.45) is 0 Å². The van der Waals surface area contributed by atoms with Gasteiger partial charge in [0.05, 0.1) is 12.3 Å². The largest absolute Gasteiger partial charge is 0.466 e. The van der Waals surface area contributed by atoms with Gasteiger partial charge in [-0.15, -0.1) is 0 Å². The molecule has 7 heteroatoms. The van der Waals surface area contributed by atoms with Gasteiger partial charge in [0, 0.05) is 7.05 Å². The van der Waals surface area contributed by atoms with Crippen LogP contribution in [0.2, 0.25) is 0 Å². The SMILES string of the molecule is CCOC(=O)CC1(C(=O)OCc2ccccc2)Oc2ccccc2N(C)C1=O. The highest BCUT2D eigenvalue weighted by Crippen LogP contribution is 2.39. The van der Waals surface area contributed by atoms with Crippen molar-refractivity contribution in [2.75, 3.05) is 18.6 Å². The molecule has 0 fully saturated rings. The van der Waals surface area contributed by atoms with Crippen LogP contribution in [0.15, 0.2) is 54.6 Å². The third-order valence-corrected chi connectivity index (χ3v) is 4.40. The van der Waals surface area contributed by atoms with Gasteiger partial charge in [-0.2, -0.15) is 0 Å². The Kier molecular flexibility index (Phi) is 5.63. The summed E-state index contributed by atoms with van der Waals surface area (Å²) in [5, 5.41) is 0. The van der Waals surface area contributed by atoms with Gasteiger partial charge in [-0.05, 0) is 24.6 Å². The molecule has 2 aromatic carbocycles. The number of carbonyl (C=O) groups is 3. The first-order valence-electron chi connectivity index (χ1n) is 8.91. The Morgan fingerprint density at radius 3 is 2.43 bits per heavy atom. The molecule has 0 aliphatic carbocycles. The van der Waals surface area contributed by atoms with Gasteiger partial charge in [0.2, 0.25) is 0 Å². The van der Waals surface area contributed by atoms with E-state index in [-0.39, 0.29) is 13.2 Å². The summed E-state index contributed by atoms with van der Waals surface area (Å²) in [5.74, 6) is -2.03. The van der Waals surface area contributed by atoms with Crippen LogP contribution in [0.1, 0.15) is 18.9 Å². The second-order valence-electron chi connectivity index (χ2n) is 6.30. The number of anilines is 1. The molecule has 1 atom stereocenters.